The lowest BCUT2D eigenvalue weighted by molar-refractivity contribution is -0.257. The van der Waals surface area contributed by atoms with Crippen LogP contribution in [0.1, 0.15) is 54.9 Å². The Balaban J connectivity index is 1.52. The first kappa shape index (κ1) is 23.3. The predicted molar refractivity (Wildman–Crippen MR) is 125 cm³/mol. The maximum Gasteiger partial charge on any atom is 0.338 e. The molecule has 1 heterocycles. The Morgan fingerprint density at radius 3 is 2.41 bits per heavy atom. The van der Waals surface area contributed by atoms with Gasteiger partial charge >= 0.3 is 5.97 Å². The van der Waals surface area contributed by atoms with E-state index in [2.05, 4.69) is 0 Å². The van der Waals surface area contributed by atoms with E-state index in [1.807, 2.05) is 44.2 Å². The second kappa shape index (κ2) is 10.8. The Labute approximate surface area is 194 Å². The van der Waals surface area contributed by atoms with Crippen molar-refractivity contribution < 1.29 is 24.1 Å². The number of carbonyl (C=O) groups is 1. The van der Waals surface area contributed by atoms with Gasteiger partial charge in [-0.15, -0.1) is 11.8 Å². The maximum absolute atomic E-state index is 12.7. The van der Waals surface area contributed by atoms with Gasteiger partial charge in [-0.1, -0.05) is 55.2 Å². The molecule has 172 valence electrons. The smallest absolute Gasteiger partial charge is 0.338 e. The molecule has 5 atom stereocenters. The van der Waals surface area contributed by atoms with Crippen molar-refractivity contribution >= 4 is 17.7 Å². The number of aryl methyl sites for hydroxylation is 1. The van der Waals surface area contributed by atoms with Crippen LogP contribution in [0.3, 0.4) is 0 Å². The van der Waals surface area contributed by atoms with Gasteiger partial charge in [0.2, 0.25) is 0 Å². The molecule has 0 aromatic heterocycles. The van der Waals surface area contributed by atoms with E-state index in [1.165, 1.54) is 23.7 Å². The van der Waals surface area contributed by atoms with E-state index in [0.717, 1.165) is 30.6 Å². The van der Waals surface area contributed by atoms with Gasteiger partial charge in [0.25, 0.3) is 0 Å². The summed E-state index contributed by atoms with van der Waals surface area (Å²) in [6.07, 6.45) is 2.95. The van der Waals surface area contributed by atoms with Crippen molar-refractivity contribution in [1.29, 1.82) is 0 Å². The van der Waals surface area contributed by atoms with Crippen LogP contribution in [0.15, 0.2) is 59.5 Å². The molecule has 1 saturated carbocycles. The number of benzene rings is 2. The molecule has 0 radical (unpaired) electrons. The lowest BCUT2D eigenvalue weighted by Gasteiger charge is -2.44. The molecule has 0 amide bonds. The average Bonchev–Trinajstić information content (AvgIpc) is 2.81. The SMILES string of the molecule is Cc1ccc(S[C@H]2[C@H](OC3CCCCC3)O[C@H](C)[C@@H](OC(=O)c3ccccc3)[C@@H]2O)cc1. The highest BCUT2D eigenvalue weighted by molar-refractivity contribution is 8.00. The zero-order valence-electron chi connectivity index (χ0n) is 18.7. The highest BCUT2D eigenvalue weighted by atomic mass is 32.2. The van der Waals surface area contributed by atoms with Gasteiger partial charge in [0.1, 0.15) is 6.10 Å². The van der Waals surface area contributed by atoms with Crippen LogP contribution in [0.2, 0.25) is 0 Å². The summed E-state index contributed by atoms with van der Waals surface area (Å²) in [6.45, 7) is 3.87. The molecular formula is C26H32O5S. The van der Waals surface area contributed by atoms with Crippen molar-refractivity contribution in [1.82, 2.24) is 0 Å². The second-order valence-corrected chi connectivity index (χ2v) is 9.98. The van der Waals surface area contributed by atoms with Crippen LogP contribution >= 0.6 is 11.8 Å². The van der Waals surface area contributed by atoms with Crippen molar-refractivity contribution in [2.45, 2.75) is 86.8 Å². The molecule has 1 N–H and O–H groups in total. The molecule has 0 bridgehead atoms. The van der Waals surface area contributed by atoms with Crippen molar-refractivity contribution in [2.75, 3.05) is 0 Å². The first-order chi connectivity index (χ1) is 15.5. The van der Waals surface area contributed by atoms with Gasteiger partial charge in [-0.05, 0) is 51.0 Å². The first-order valence-electron chi connectivity index (χ1n) is 11.5. The third kappa shape index (κ3) is 5.73. The summed E-state index contributed by atoms with van der Waals surface area (Å²) in [6, 6.07) is 17.0. The fraction of sp³-hybridized carbons (Fsp3) is 0.500. The molecule has 5 nitrogen and oxygen atoms in total. The van der Waals surface area contributed by atoms with Crippen molar-refractivity contribution in [3.63, 3.8) is 0 Å². The minimum atomic E-state index is -0.925. The zero-order chi connectivity index (χ0) is 22.5. The minimum absolute atomic E-state index is 0.137. The molecule has 4 rings (SSSR count). The van der Waals surface area contributed by atoms with Crippen LogP contribution in [0, 0.1) is 6.92 Å². The Morgan fingerprint density at radius 2 is 1.72 bits per heavy atom. The highest BCUT2D eigenvalue weighted by Gasteiger charge is 2.47. The summed E-state index contributed by atoms with van der Waals surface area (Å²) in [5.74, 6) is -0.462. The van der Waals surface area contributed by atoms with Crippen molar-refractivity contribution in [2.24, 2.45) is 0 Å². The molecule has 1 saturated heterocycles. The number of ether oxygens (including phenoxy) is 3. The lowest BCUT2D eigenvalue weighted by atomic mass is 9.97. The molecule has 1 aliphatic carbocycles. The molecule has 6 heteroatoms. The van der Waals surface area contributed by atoms with Crippen LogP contribution in [0.25, 0.3) is 0 Å². The van der Waals surface area contributed by atoms with E-state index in [0.29, 0.717) is 5.56 Å². The quantitative estimate of drug-likeness (QED) is 0.608. The topological polar surface area (TPSA) is 65.0 Å². The molecule has 2 fully saturated rings. The summed E-state index contributed by atoms with van der Waals surface area (Å²) in [7, 11) is 0. The lowest BCUT2D eigenvalue weighted by Crippen LogP contribution is -2.58. The van der Waals surface area contributed by atoms with Crippen LogP contribution in [-0.4, -0.2) is 47.0 Å². The molecule has 1 aliphatic heterocycles. The second-order valence-electron chi connectivity index (χ2n) is 8.73. The first-order valence-corrected chi connectivity index (χ1v) is 12.4. The number of rotatable bonds is 6. The molecule has 2 aliphatic rings. The van der Waals surface area contributed by atoms with Crippen LogP contribution in [0.5, 0.6) is 0 Å². The summed E-state index contributed by atoms with van der Waals surface area (Å²) < 4.78 is 18.4. The van der Waals surface area contributed by atoms with E-state index in [1.54, 1.807) is 24.3 Å². The van der Waals surface area contributed by atoms with Gasteiger partial charge in [0, 0.05) is 4.90 Å². The molecule has 2 aromatic rings. The van der Waals surface area contributed by atoms with E-state index < -0.39 is 35.8 Å². The van der Waals surface area contributed by atoms with Crippen molar-refractivity contribution in [3.8, 4) is 0 Å². The molecule has 32 heavy (non-hydrogen) atoms. The van der Waals surface area contributed by atoms with Crippen LogP contribution in [-0.2, 0) is 14.2 Å². The molecule has 2 aromatic carbocycles. The maximum atomic E-state index is 12.7. The zero-order valence-corrected chi connectivity index (χ0v) is 19.5. The third-order valence-corrected chi connectivity index (χ3v) is 7.49. The largest absolute Gasteiger partial charge is 0.453 e. The molecular weight excluding hydrogens is 424 g/mol. The van der Waals surface area contributed by atoms with E-state index in [-0.39, 0.29) is 6.10 Å². The number of aliphatic hydroxyl groups excluding tert-OH is 1. The van der Waals surface area contributed by atoms with Crippen molar-refractivity contribution in [3.05, 3.63) is 65.7 Å². The Kier molecular flexibility index (Phi) is 7.89. The van der Waals surface area contributed by atoms with Gasteiger partial charge < -0.3 is 19.3 Å². The van der Waals surface area contributed by atoms with Gasteiger partial charge in [-0.2, -0.15) is 0 Å². The summed E-state index contributed by atoms with van der Waals surface area (Å²) >= 11 is 1.52. The van der Waals surface area contributed by atoms with E-state index in [4.69, 9.17) is 14.2 Å². The Hall–Kier alpha value is -1.86. The van der Waals surface area contributed by atoms with Gasteiger partial charge in [0.15, 0.2) is 12.4 Å². The average molecular weight is 457 g/mol. The molecule has 0 unspecified atom stereocenters. The van der Waals surface area contributed by atoms with Gasteiger partial charge in [-0.3, -0.25) is 0 Å². The number of aliphatic hydroxyl groups is 1. The monoisotopic (exact) mass is 456 g/mol. The van der Waals surface area contributed by atoms with Gasteiger partial charge in [0.05, 0.1) is 23.0 Å². The highest BCUT2D eigenvalue weighted by Crippen LogP contribution is 2.38. The van der Waals surface area contributed by atoms with Crippen LogP contribution in [0.4, 0.5) is 0 Å². The normalized spacial score (nSPS) is 28.9. The summed E-state index contributed by atoms with van der Waals surface area (Å²) in [5.41, 5.74) is 1.63. The van der Waals surface area contributed by atoms with E-state index >= 15 is 0 Å². The van der Waals surface area contributed by atoms with Crippen LogP contribution < -0.4 is 0 Å². The number of hydrogen-bond acceptors (Lipinski definition) is 6. The number of carbonyl (C=O) groups excluding carboxylic acids is 1. The number of hydrogen-bond donors (Lipinski definition) is 1. The number of esters is 1. The Morgan fingerprint density at radius 1 is 1.03 bits per heavy atom. The third-order valence-electron chi connectivity index (χ3n) is 6.18. The Bertz CT molecular complexity index is 866. The summed E-state index contributed by atoms with van der Waals surface area (Å²) in [5, 5.41) is 10.9. The fourth-order valence-corrected chi connectivity index (χ4v) is 5.46. The fourth-order valence-electron chi connectivity index (χ4n) is 4.32. The van der Waals surface area contributed by atoms with E-state index in [9.17, 15) is 9.90 Å². The number of thioether (sulfide) groups is 1. The minimum Gasteiger partial charge on any atom is -0.453 e. The standard InChI is InChI=1S/C26H32O5S/c1-17-13-15-21(16-14-17)32-24-22(27)23(31-25(28)19-9-5-3-6-10-19)18(2)29-26(24)30-20-11-7-4-8-12-20/h3,5-6,9-10,13-16,18,20,22-24,26-27H,4,7-8,11-12H2,1-2H3/t18-,22+,23-,24-,26+/m1/s1. The van der Waals surface area contributed by atoms with Gasteiger partial charge in [-0.25, -0.2) is 4.79 Å². The predicted octanol–water partition coefficient (Wildman–Crippen LogP) is 5.14. The summed E-state index contributed by atoms with van der Waals surface area (Å²) in [4.78, 5) is 13.7. The molecule has 0 spiro atoms.